The number of hydrogen-bond acceptors (Lipinski definition) is 2. The summed E-state index contributed by atoms with van der Waals surface area (Å²) in [6.07, 6.45) is 0. The van der Waals surface area contributed by atoms with E-state index >= 15 is 0 Å². The molecule has 0 aromatic heterocycles. The number of nitrogens with zero attached hydrogens (tertiary/aromatic N) is 1. The van der Waals surface area contributed by atoms with Gasteiger partial charge in [0.2, 0.25) is 0 Å². The highest BCUT2D eigenvalue weighted by molar-refractivity contribution is 5.21. The molecule has 114 valence electrons. The highest BCUT2D eigenvalue weighted by Crippen LogP contribution is 2.26. The van der Waals surface area contributed by atoms with Crippen LogP contribution in [0.15, 0.2) is 24.3 Å². The number of nitrogens with two attached hydrogens (primary N) is 1. The highest BCUT2D eigenvalue weighted by atomic mass is 19.1. The highest BCUT2D eigenvalue weighted by Gasteiger charge is 2.25. The lowest BCUT2D eigenvalue weighted by Crippen LogP contribution is -2.43. The molecule has 2 unspecified atom stereocenters. The largest absolute Gasteiger partial charge is 0.326 e. The van der Waals surface area contributed by atoms with Crippen molar-refractivity contribution < 1.29 is 4.39 Å². The molecule has 1 rings (SSSR count). The number of benzene rings is 1. The molecule has 0 amide bonds. The van der Waals surface area contributed by atoms with E-state index in [1.807, 2.05) is 19.1 Å². The third-order valence-corrected chi connectivity index (χ3v) is 3.30. The Hall–Kier alpha value is -0.930. The fourth-order valence-corrected chi connectivity index (χ4v) is 2.75. The van der Waals surface area contributed by atoms with Crippen molar-refractivity contribution in [3.63, 3.8) is 0 Å². The van der Waals surface area contributed by atoms with Crippen LogP contribution in [0.3, 0.4) is 0 Å². The lowest BCUT2D eigenvalue weighted by Gasteiger charge is -2.37. The Morgan fingerprint density at radius 1 is 0.950 bits per heavy atom. The zero-order chi connectivity index (χ0) is 15.3. The van der Waals surface area contributed by atoms with Gasteiger partial charge in [-0.3, -0.25) is 4.90 Å². The molecule has 0 saturated heterocycles. The first-order chi connectivity index (χ1) is 9.31. The van der Waals surface area contributed by atoms with E-state index in [0.717, 1.165) is 18.7 Å². The summed E-state index contributed by atoms with van der Waals surface area (Å²) in [7, 11) is 0. The third-order valence-electron chi connectivity index (χ3n) is 3.30. The Kier molecular flexibility index (Phi) is 6.63. The molecule has 0 fully saturated rings. The molecule has 1 aromatic carbocycles. The quantitative estimate of drug-likeness (QED) is 0.822. The molecule has 2 atom stereocenters. The van der Waals surface area contributed by atoms with Gasteiger partial charge in [-0.15, -0.1) is 0 Å². The predicted molar refractivity (Wildman–Crippen MR) is 84.0 cm³/mol. The van der Waals surface area contributed by atoms with Crippen molar-refractivity contribution in [3.8, 4) is 0 Å². The van der Waals surface area contributed by atoms with Crippen LogP contribution in [0.25, 0.3) is 0 Å². The lowest BCUT2D eigenvalue weighted by atomic mass is 9.97. The summed E-state index contributed by atoms with van der Waals surface area (Å²) < 4.78 is 13.1. The van der Waals surface area contributed by atoms with E-state index in [4.69, 9.17) is 5.73 Å². The molecule has 0 bridgehead atoms. The number of halogens is 1. The monoisotopic (exact) mass is 280 g/mol. The molecule has 2 nitrogen and oxygen atoms in total. The summed E-state index contributed by atoms with van der Waals surface area (Å²) in [6, 6.07) is 6.91. The van der Waals surface area contributed by atoms with Crippen molar-refractivity contribution in [3.05, 3.63) is 35.6 Å². The molecular weight excluding hydrogens is 251 g/mol. The molecule has 0 aliphatic heterocycles. The second-order valence-corrected chi connectivity index (χ2v) is 6.60. The van der Waals surface area contributed by atoms with Crippen LogP contribution in [0.2, 0.25) is 0 Å². The van der Waals surface area contributed by atoms with Gasteiger partial charge in [0.05, 0.1) is 0 Å². The summed E-state index contributed by atoms with van der Waals surface area (Å²) in [6.45, 7) is 12.9. The Balaban J connectivity index is 3.03. The number of rotatable bonds is 7. The molecule has 0 heterocycles. The second kappa shape index (κ2) is 7.75. The van der Waals surface area contributed by atoms with Crippen LogP contribution < -0.4 is 5.73 Å². The van der Waals surface area contributed by atoms with Gasteiger partial charge in [0, 0.05) is 25.2 Å². The van der Waals surface area contributed by atoms with E-state index < -0.39 is 0 Å². The van der Waals surface area contributed by atoms with Crippen LogP contribution in [0.5, 0.6) is 0 Å². The van der Waals surface area contributed by atoms with Crippen molar-refractivity contribution in [2.45, 2.75) is 46.7 Å². The van der Waals surface area contributed by atoms with Gasteiger partial charge in [0.15, 0.2) is 0 Å². The fraction of sp³-hybridized carbons (Fsp3) is 0.647. The third kappa shape index (κ3) is 5.22. The predicted octanol–water partition coefficient (Wildman–Crippen LogP) is 3.83. The fourth-order valence-electron chi connectivity index (χ4n) is 2.75. The molecule has 0 aliphatic rings. The van der Waals surface area contributed by atoms with Gasteiger partial charge in [0.25, 0.3) is 0 Å². The first-order valence-corrected chi connectivity index (χ1v) is 7.56. The van der Waals surface area contributed by atoms with Crippen LogP contribution in [0.1, 0.15) is 46.2 Å². The number of hydrogen-bond donors (Lipinski definition) is 1. The van der Waals surface area contributed by atoms with E-state index in [-0.39, 0.29) is 17.9 Å². The Labute approximate surface area is 123 Å². The summed E-state index contributed by atoms with van der Waals surface area (Å²) in [5.74, 6) is 0.961. The average molecular weight is 280 g/mol. The molecule has 2 N–H and O–H groups in total. The van der Waals surface area contributed by atoms with Gasteiger partial charge in [-0.05, 0) is 36.5 Å². The minimum Gasteiger partial charge on any atom is -0.326 e. The molecule has 0 radical (unpaired) electrons. The van der Waals surface area contributed by atoms with Gasteiger partial charge < -0.3 is 5.73 Å². The molecule has 1 aromatic rings. The maximum absolute atomic E-state index is 13.1. The molecule has 0 spiro atoms. The molecule has 0 aliphatic carbocycles. The van der Waals surface area contributed by atoms with Gasteiger partial charge in [-0.2, -0.15) is 0 Å². The van der Waals surface area contributed by atoms with Crippen molar-refractivity contribution in [1.82, 2.24) is 4.90 Å². The normalized spacial score (nSPS) is 15.1. The zero-order valence-corrected chi connectivity index (χ0v) is 13.4. The van der Waals surface area contributed by atoms with Gasteiger partial charge in [0.1, 0.15) is 5.82 Å². The Morgan fingerprint density at radius 3 is 1.75 bits per heavy atom. The van der Waals surface area contributed by atoms with E-state index in [1.165, 1.54) is 12.1 Å². The summed E-state index contributed by atoms with van der Waals surface area (Å²) in [5.41, 5.74) is 7.32. The maximum Gasteiger partial charge on any atom is 0.123 e. The van der Waals surface area contributed by atoms with Crippen molar-refractivity contribution in [2.75, 3.05) is 13.1 Å². The lowest BCUT2D eigenvalue weighted by molar-refractivity contribution is 0.140. The molecule has 0 saturated carbocycles. The van der Waals surface area contributed by atoms with Crippen LogP contribution >= 0.6 is 0 Å². The Bertz CT molecular complexity index is 374. The average Bonchev–Trinajstić information content (AvgIpc) is 2.29. The minimum atomic E-state index is -0.198. The smallest absolute Gasteiger partial charge is 0.123 e. The topological polar surface area (TPSA) is 29.3 Å². The summed E-state index contributed by atoms with van der Waals surface area (Å²) in [4.78, 5) is 2.44. The van der Waals surface area contributed by atoms with Gasteiger partial charge in [-0.1, -0.05) is 39.8 Å². The summed E-state index contributed by atoms with van der Waals surface area (Å²) in [5, 5.41) is 0. The van der Waals surface area contributed by atoms with E-state index in [2.05, 4.69) is 32.6 Å². The standard InChI is InChI=1S/C17H29FN2/c1-12(2)10-20(11-13(3)4)17(14(5)19)15-6-8-16(18)9-7-15/h6-9,12-14,17H,10-11,19H2,1-5H3. The van der Waals surface area contributed by atoms with Gasteiger partial charge >= 0.3 is 0 Å². The molecule has 20 heavy (non-hydrogen) atoms. The first kappa shape index (κ1) is 17.1. The second-order valence-electron chi connectivity index (χ2n) is 6.60. The summed E-state index contributed by atoms with van der Waals surface area (Å²) >= 11 is 0. The zero-order valence-electron chi connectivity index (χ0n) is 13.4. The Morgan fingerprint density at radius 2 is 1.40 bits per heavy atom. The first-order valence-electron chi connectivity index (χ1n) is 7.56. The minimum absolute atomic E-state index is 0.0120. The van der Waals surface area contributed by atoms with Crippen LogP contribution in [-0.2, 0) is 0 Å². The van der Waals surface area contributed by atoms with Crippen molar-refractivity contribution in [1.29, 1.82) is 0 Å². The van der Waals surface area contributed by atoms with E-state index in [0.29, 0.717) is 11.8 Å². The van der Waals surface area contributed by atoms with E-state index in [9.17, 15) is 4.39 Å². The van der Waals surface area contributed by atoms with Crippen molar-refractivity contribution in [2.24, 2.45) is 17.6 Å². The van der Waals surface area contributed by atoms with Crippen molar-refractivity contribution >= 4 is 0 Å². The SMILES string of the molecule is CC(C)CN(CC(C)C)C(c1ccc(F)cc1)C(C)N. The maximum atomic E-state index is 13.1. The van der Waals surface area contributed by atoms with Crippen LogP contribution in [-0.4, -0.2) is 24.0 Å². The molecule has 3 heteroatoms. The molecular formula is C17H29FN2. The van der Waals surface area contributed by atoms with Gasteiger partial charge in [-0.25, -0.2) is 4.39 Å². The van der Waals surface area contributed by atoms with E-state index in [1.54, 1.807) is 0 Å². The van der Waals surface area contributed by atoms with Crippen LogP contribution in [0.4, 0.5) is 4.39 Å². The van der Waals surface area contributed by atoms with Crippen LogP contribution in [0, 0.1) is 17.7 Å².